The van der Waals surface area contributed by atoms with Crippen LogP contribution in [0.5, 0.6) is 11.5 Å². The highest BCUT2D eigenvalue weighted by Gasteiger charge is 2.10. The van der Waals surface area contributed by atoms with Crippen molar-refractivity contribution in [1.82, 2.24) is 9.97 Å². The van der Waals surface area contributed by atoms with Crippen molar-refractivity contribution in [1.29, 1.82) is 0 Å². The van der Waals surface area contributed by atoms with E-state index in [4.69, 9.17) is 9.47 Å². The first kappa shape index (κ1) is 17.7. The number of ether oxygens (including phenoxy) is 2. The van der Waals surface area contributed by atoms with Crippen molar-refractivity contribution in [2.24, 2.45) is 0 Å². The van der Waals surface area contributed by atoms with Crippen LogP contribution >= 0.6 is 11.3 Å². The van der Waals surface area contributed by atoms with E-state index >= 15 is 0 Å². The maximum atomic E-state index is 12.3. The minimum atomic E-state index is -0.160. The number of nitrogens with one attached hydrogen (secondary N) is 2. The van der Waals surface area contributed by atoms with E-state index in [2.05, 4.69) is 20.6 Å². The van der Waals surface area contributed by atoms with Crippen molar-refractivity contribution < 1.29 is 14.3 Å². The number of amides is 1. The van der Waals surface area contributed by atoms with Crippen LogP contribution in [0.2, 0.25) is 0 Å². The SMILES string of the molecule is COc1ccc(NC(=O)Cc2csc(Nc3ccccn3)n2)cc1OC. The Morgan fingerprint density at radius 3 is 2.73 bits per heavy atom. The standard InChI is InChI=1S/C18H18N4O3S/c1-24-14-7-6-12(9-15(14)25-2)20-17(23)10-13-11-26-18(21-13)22-16-5-3-4-8-19-16/h3-9,11H,10H2,1-2H3,(H,20,23)(H,19,21,22). The summed E-state index contributed by atoms with van der Waals surface area (Å²) in [5.41, 5.74) is 1.32. The van der Waals surface area contributed by atoms with Gasteiger partial charge in [0, 0.05) is 23.3 Å². The van der Waals surface area contributed by atoms with Crippen molar-refractivity contribution in [3.8, 4) is 11.5 Å². The van der Waals surface area contributed by atoms with Crippen molar-refractivity contribution in [3.63, 3.8) is 0 Å². The van der Waals surface area contributed by atoms with Gasteiger partial charge in [0.25, 0.3) is 0 Å². The van der Waals surface area contributed by atoms with E-state index in [-0.39, 0.29) is 12.3 Å². The van der Waals surface area contributed by atoms with Crippen LogP contribution in [0.15, 0.2) is 48.0 Å². The summed E-state index contributed by atoms with van der Waals surface area (Å²) in [5, 5.41) is 8.48. The Kier molecular flexibility index (Phi) is 5.65. The van der Waals surface area contributed by atoms with E-state index < -0.39 is 0 Å². The summed E-state index contributed by atoms with van der Waals surface area (Å²) in [6.07, 6.45) is 1.88. The van der Waals surface area contributed by atoms with Gasteiger partial charge in [0.2, 0.25) is 5.91 Å². The number of carbonyl (C=O) groups is 1. The lowest BCUT2D eigenvalue weighted by molar-refractivity contribution is -0.115. The largest absolute Gasteiger partial charge is 0.493 e. The van der Waals surface area contributed by atoms with Crippen LogP contribution in [0.1, 0.15) is 5.69 Å². The molecule has 7 nitrogen and oxygen atoms in total. The minimum Gasteiger partial charge on any atom is -0.493 e. The highest BCUT2D eigenvalue weighted by Crippen LogP contribution is 2.29. The lowest BCUT2D eigenvalue weighted by atomic mass is 10.2. The van der Waals surface area contributed by atoms with Crippen molar-refractivity contribution in [2.75, 3.05) is 24.9 Å². The molecule has 134 valence electrons. The zero-order chi connectivity index (χ0) is 18.4. The molecule has 0 bridgehead atoms. The molecule has 0 saturated carbocycles. The number of methoxy groups -OCH3 is 2. The average molecular weight is 370 g/mol. The number of hydrogen-bond acceptors (Lipinski definition) is 7. The highest BCUT2D eigenvalue weighted by atomic mass is 32.1. The predicted octanol–water partition coefficient (Wildman–Crippen LogP) is 3.48. The third kappa shape index (κ3) is 4.48. The molecule has 0 aliphatic heterocycles. The van der Waals surface area contributed by atoms with E-state index in [9.17, 15) is 4.79 Å². The molecule has 3 aromatic rings. The third-order valence-corrected chi connectivity index (χ3v) is 4.27. The fourth-order valence-corrected chi connectivity index (χ4v) is 2.99. The van der Waals surface area contributed by atoms with Crippen molar-refractivity contribution in [2.45, 2.75) is 6.42 Å². The van der Waals surface area contributed by atoms with E-state index in [0.29, 0.717) is 33.8 Å². The molecule has 0 spiro atoms. The lowest BCUT2D eigenvalue weighted by Crippen LogP contribution is -2.14. The van der Waals surface area contributed by atoms with E-state index in [1.807, 2.05) is 23.6 Å². The summed E-state index contributed by atoms with van der Waals surface area (Å²) in [7, 11) is 3.11. The fraction of sp³-hybridized carbons (Fsp3) is 0.167. The molecule has 0 saturated heterocycles. The smallest absolute Gasteiger partial charge is 0.230 e. The summed E-state index contributed by atoms with van der Waals surface area (Å²) < 4.78 is 10.4. The van der Waals surface area contributed by atoms with Crippen molar-refractivity contribution in [3.05, 3.63) is 53.7 Å². The quantitative estimate of drug-likeness (QED) is 0.662. The van der Waals surface area contributed by atoms with Crippen LogP contribution in [-0.4, -0.2) is 30.1 Å². The van der Waals surface area contributed by atoms with Crippen LogP contribution in [0.25, 0.3) is 0 Å². The first-order chi connectivity index (χ1) is 12.7. The average Bonchev–Trinajstić information content (AvgIpc) is 3.09. The van der Waals surface area contributed by atoms with Gasteiger partial charge in [-0.2, -0.15) is 0 Å². The number of rotatable bonds is 7. The second kappa shape index (κ2) is 8.30. The molecule has 3 rings (SSSR count). The van der Waals surface area contributed by atoms with Gasteiger partial charge in [-0.25, -0.2) is 9.97 Å². The molecule has 0 unspecified atom stereocenters. The Bertz CT molecular complexity index is 883. The molecule has 2 heterocycles. The number of anilines is 3. The monoisotopic (exact) mass is 370 g/mol. The summed E-state index contributed by atoms with van der Waals surface area (Å²) in [6.45, 7) is 0. The number of carbonyl (C=O) groups excluding carboxylic acids is 1. The van der Waals surface area contributed by atoms with E-state index in [1.54, 1.807) is 38.6 Å². The molecule has 0 radical (unpaired) electrons. The molecule has 1 amide bonds. The molecule has 2 N–H and O–H groups in total. The first-order valence-electron chi connectivity index (χ1n) is 7.82. The molecule has 2 aromatic heterocycles. The number of aromatic nitrogens is 2. The van der Waals surface area contributed by atoms with E-state index in [1.165, 1.54) is 11.3 Å². The normalized spacial score (nSPS) is 10.2. The molecule has 0 aliphatic carbocycles. The summed E-state index contributed by atoms with van der Waals surface area (Å²) in [4.78, 5) is 20.8. The van der Waals surface area contributed by atoms with Gasteiger partial charge in [0.05, 0.1) is 26.3 Å². The molecular weight excluding hydrogens is 352 g/mol. The topological polar surface area (TPSA) is 85.4 Å². The van der Waals surface area contributed by atoms with Gasteiger partial charge in [0.1, 0.15) is 5.82 Å². The van der Waals surface area contributed by atoms with Gasteiger partial charge >= 0.3 is 0 Å². The van der Waals surface area contributed by atoms with Crippen LogP contribution in [0.4, 0.5) is 16.6 Å². The minimum absolute atomic E-state index is 0.160. The second-order valence-electron chi connectivity index (χ2n) is 5.28. The third-order valence-electron chi connectivity index (χ3n) is 3.46. The van der Waals surface area contributed by atoms with Gasteiger partial charge in [-0.15, -0.1) is 11.3 Å². The number of hydrogen-bond donors (Lipinski definition) is 2. The zero-order valence-electron chi connectivity index (χ0n) is 14.4. The summed E-state index contributed by atoms with van der Waals surface area (Å²) in [5.74, 6) is 1.71. The number of pyridine rings is 1. The fourth-order valence-electron chi connectivity index (χ4n) is 2.28. The van der Waals surface area contributed by atoms with Crippen LogP contribution in [0.3, 0.4) is 0 Å². The molecule has 8 heteroatoms. The van der Waals surface area contributed by atoms with Gasteiger partial charge < -0.3 is 20.1 Å². The molecular formula is C18H18N4O3S. The van der Waals surface area contributed by atoms with E-state index in [0.717, 1.165) is 0 Å². The van der Waals surface area contributed by atoms with Gasteiger partial charge in [0.15, 0.2) is 16.6 Å². The highest BCUT2D eigenvalue weighted by molar-refractivity contribution is 7.13. The lowest BCUT2D eigenvalue weighted by Gasteiger charge is -2.10. The van der Waals surface area contributed by atoms with Crippen molar-refractivity contribution >= 4 is 33.9 Å². The van der Waals surface area contributed by atoms with Crippen LogP contribution < -0.4 is 20.1 Å². The zero-order valence-corrected chi connectivity index (χ0v) is 15.2. The Hall–Kier alpha value is -3.13. The molecule has 0 atom stereocenters. The molecule has 1 aromatic carbocycles. The summed E-state index contributed by atoms with van der Waals surface area (Å²) in [6, 6.07) is 10.8. The summed E-state index contributed by atoms with van der Waals surface area (Å²) >= 11 is 1.42. The molecule has 0 fully saturated rings. The Balaban J connectivity index is 1.60. The Morgan fingerprint density at radius 2 is 2.00 bits per heavy atom. The maximum absolute atomic E-state index is 12.3. The Labute approximate surface area is 155 Å². The van der Waals surface area contributed by atoms with Gasteiger partial charge in [-0.05, 0) is 24.3 Å². The number of benzene rings is 1. The van der Waals surface area contributed by atoms with Gasteiger partial charge in [-0.1, -0.05) is 6.07 Å². The number of thiazole rings is 1. The molecule has 26 heavy (non-hydrogen) atoms. The maximum Gasteiger partial charge on any atom is 0.230 e. The number of nitrogens with zero attached hydrogens (tertiary/aromatic N) is 2. The van der Waals surface area contributed by atoms with Gasteiger partial charge in [-0.3, -0.25) is 4.79 Å². The second-order valence-corrected chi connectivity index (χ2v) is 6.14. The first-order valence-corrected chi connectivity index (χ1v) is 8.70. The molecule has 0 aliphatic rings. The van der Waals surface area contributed by atoms with Crippen LogP contribution in [0, 0.1) is 0 Å². The van der Waals surface area contributed by atoms with Crippen LogP contribution in [-0.2, 0) is 11.2 Å². The predicted molar refractivity (Wildman–Crippen MR) is 102 cm³/mol. The Morgan fingerprint density at radius 1 is 1.15 bits per heavy atom.